The number of nitrogens with one attached hydrogen (secondary N) is 2. The number of H-pyrrole nitrogens is 1. The first-order valence-electron chi connectivity index (χ1n) is 5.53. The van der Waals surface area contributed by atoms with Gasteiger partial charge in [-0.15, -0.1) is 0 Å². The first-order chi connectivity index (χ1) is 7.33. The summed E-state index contributed by atoms with van der Waals surface area (Å²) in [4.78, 5) is 0. The number of benzene rings is 1. The highest BCUT2D eigenvalue weighted by Gasteiger charge is 2.03. The van der Waals surface area contributed by atoms with Gasteiger partial charge in [-0.05, 0) is 31.0 Å². The lowest BCUT2D eigenvalue weighted by Crippen LogP contribution is -2.16. The van der Waals surface area contributed by atoms with Crippen molar-refractivity contribution < 1.29 is 0 Å². The second-order valence-corrected chi connectivity index (χ2v) is 3.83. The summed E-state index contributed by atoms with van der Waals surface area (Å²) in [6.07, 6.45) is 4.14. The summed E-state index contributed by atoms with van der Waals surface area (Å²) >= 11 is 0. The van der Waals surface area contributed by atoms with Gasteiger partial charge >= 0.3 is 0 Å². The number of aromatic nitrogens is 2. The Morgan fingerprint density at radius 3 is 2.87 bits per heavy atom. The van der Waals surface area contributed by atoms with E-state index in [0.717, 1.165) is 23.7 Å². The fourth-order valence-corrected chi connectivity index (χ4v) is 1.76. The highest BCUT2D eigenvalue weighted by Crippen LogP contribution is 2.18. The van der Waals surface area contributed by atoms with Crippen LogP contribution in [0.2, 0.25) is 0 Å². The van der Waals surface area contributed by atoms with Crippen LogP contribution in [0.1, 0.15) is 26.7 Å². The van der Waals surface area contributed by atoms with Gasteiger partial charge in [0, 0.05) is 17.1 Å². The lowest BCUT2D eigenvalue weighted by atomic mass is 10.1. The Morgan fingerprint density at radius 1 is 1.33 bits per heavy atom. The largest absolute Gasteiger partial charge is 0.382 e. The summed E-state index contributed by atoms with van der Waals surface area (Å²) in [5.41, 5.74) is 2.26. The second-order valence-electron chi connectivity index (χ2n) is 3.83. The monoisotopic (exact) mass is 203 g/mol. The van der Waals surface area contributed by atoms with Crippen LogP contribution in [0.15, 0.2) is 24.4 Å². The van der Waals surface area contributed by atoms with Crippen LogP contribution >= 0.6 is 0 Å². The van der Waals surface area contributed by atoms with E-state index >= 15 is 0 Å². The Morgan fingerprint density at radius 2 is 2.13 bits per heavy atom. The Bertz CT molecular complexity index is 429. The molecule has 0 unspecified atom stereocenters. The summed E-state index contributed by atoms with van der Waals surface area (Å²) in [5, 5.41) is 11.7. The zero-order valence-corrected chi connectivity index (χ0v) is 9.25. The summed E-state index contributed by atoms with van der Waals surface area (Å²) in [6.45, 7) is 4.41. The lowest BCUT2D eigenvalue weighted by molar-refractivity contribution is 0.672. The van der Waals surface area contributed by atoms with E-state index in [1.165, 1.54) is 5.69 Å². The van der Waals surface area contributed by atoms with Gasteiger partial charge in [-0.25, -0.2) is 0 Å². The van der Waals surface area contributed by atoms with Gasteiger partial charge in [-0.1, -0.05) is 13.8 Å². The van der Waals surface area contributed by atoms with Crippen molar-refractivity contribution in [3.8, 4) is 0 Å². The molecule has 2 N–H and O–H groups in total. The molecule has 0 saturated carbocycles. The van der Waals surface area contributed by atoms with Gasteiger partial charge in [0.2, 0.25) is 0 Å². The minimum Gasteiger partial charge on any atom is -0.382 e. The average molecular weight is 203 g/mol. The standard InChI is InChI=1S/C12H17N3/c1-3-10(4-2)14-11-6-5-9-8-13-15-12(9)7-11/h5-8,10,14H,3-4H2,1-2H3,(H,13,15). The third-order valence-electron chi connectivity index (χ3n) is 2.80. The molecule has 2 rings (SSSR count). The van der Waals surface area contributed by atoms with Gasteiger partial charge < -0.3 is 5.32 Å². The minimum atomic E-state index is 0.561. The quantitative estimate of drug-likeness (QED) is 0.801. The Balaban J connectivity index is 2.20. The fraction of sp³-hybridized carbons (Fsp3) is 0.417. The Labute approximate surface area is 89.9 Å². The van der Waals surface area contributed by atoms with E-state index in [4.69, 9.17) is 0 Å². The molecule has 0 atom stereocenters. The SMILES string of the molecule is CCC(CC)Nc1ccc2cn[nH]c2c1. The topological polar surface area (TPSA) is 40.7 Å². The van der Waals surface area contributed by atoms with E-state index in [0.29, 0.717) is 6.04 Å². The maximum Gasteiger partial charge on any atom is 0.0670 e. The van der Waals surface area contributed by atoms with Gasteiger partial charge in [-0.3, -0.25) is 5.10 Å². The predicted octanol–water partition coefficient (Wildman–Crippen LogP) is 3.16. The van der Waals surface area contributed by atoms with E-state index in [1.54, 1.807) is 0 Å². The first kappa shape index (κ1) is 10.0. The van der Waals surface area contributed by atoms with E-state index in [-0.39, 0.29) is 0 Å². The summed E-state index contributed by atoms with van der Waals surface area (Å²) in [6, 6.07) is 6.87. The molecule has 3 heteroatoms. The maximum absolute atomic E-state index is 4.01. The zero-order valence-electron chi connectivity index (χ0n) is 9.25. The summed E-state index contributed by atoms with van der Waals surface area (Å²) < 4.78 is 0. The van der Waals surface area contributed by atoms with Crippen LogP contribution in [0.4, 0.5) is 5.69 Å². The van der Waals surface area contributed by atoms with Gasteiger partial charge in [0.25, 0.3) is 0 Å². The lowest BCUT2D eigenvalue weighted by Gasteiger charge is -2.15. The molecule has 1 aromatic carbocycles. The third-order valence-corrected chi connectivity index (χ3v) is 2.80. The van der Waals surface area contributed by atoms with E-state index in [9.17, 15) is 0 Å². The smallest absolute Gasteiger partial charge is 0.0670 e. The van der Waals surface area contributed by atoms with Gasteiger partial charge in [-0.2, -0.15) is 5.10 Å². The number of fused-ring (bicyclic) bond motifs is 1. The highest BCUT2D eigenvalue weighted by molar-refractivity contribution is 5.81. The van der Waals surface area contributed by atoms with Crippen LogP contribution in [0, 0.1) is 0 Å². The molecule has 0 spiro atoms. The van der Waals surface area contributed by atoms with Gasteiger partial charge in [0.1, 0.15) is 0 Å². The molecule has 0 amide bonds. The van der Waals surface area contributed by atoms with Crippen molar-refractivity contribution in [3.05, 3.63) is 24.4 Å². The number of aromatic amines is 1. The molecule has 0 fully saturated rings. The molecule has 0 aliphatic heterocycles. The maximum atomic E-state index is 4.01. The molecule has 0 aliphatic rings. The van der Waals surface area contributed by atoms with Crippen molar-refractivity contribution in [2.75, 3.05) is 5.32 Å². The van der Waals surface area contributed by atoms with E-state index in [2.05, 4.69) is 47.6 Å². The number of hydrogen-bond donors (Lipinski definition) is 2. The van der Waals surface area contributed by atoms with Gasteiger partial charge in [0.05, 0.1) is 11.7 Å². The van der Waals surface area contributed by atoms with Gasteiger partial charge in [0.15, 0.2) is 0 Å². The van der Waals surface area contributed by atoms with Crippen molar-refractivity contribution in [3.63, 3.8) is 0 Å². The number of rotatable bonds is 4. The van der Waals surface area contributed by atoms with Crippen molar-refractivity contribution in [1.82, 2.24) is 10.2 Å². The van der Waals surface area contributed by atoms with E-state index in [1.807, 2.05) is 6.20 Å². The normalized spacial score (nSPS) is 11.1. The number of hydrogen-bond acceptors (Lipinski definition) is 2. The fourth-order valence-electron chi connectivity index (χ4n) is 1.76. The molecular formula is C12H17N3. The molecule has 0 bridgehead atoms. The second kappa shape index (κ2) is 4.34. The van der Waals surface area contributed by atoms with Crippen LogP contribution < -0.4 is 5.32 Å². The molecule has 2 aromatic rings. The molecule has 80 valence electrons. The zero-order chi connectivity index (χ0) is 10.7. The predicted molar refractivity (Wildman–Crippen MR) is 64.1 cm³/mol. The summed E-state index contributed by atoms with van der Waals surface area (Å²) in [7, 11) is 0. The average Bonchev–Trinajstić information content (AvgIpc) is 2.73. The third kappa shape index (κ3) is 2.12. The molecule has 15 heavy (non-hydrogen) atoms. The van der Waals surface area contributed by atoms with Crippen LogP contribution in [0.25, 0.3) is 10.9 Å². The molecular weight excluding hydrogens is 186 g/mol. The summed E-state index contributed by atoms with van der Waals surface area (Å²) in [5.74, 6) is 0. The van der Waals surface area contributed by atoms with Crippen LogP contribution in [0.3, 0.4) is 0 Å². The van der Waals surface area contributed by atoms with Crippen molar-refractivity contribution in [1.29, 1.82) is 0 Å². The molecule has 0 radical (unpaired) electrons. The van der Waals surface area contributed by atoms with E-state index < -0.39 is 0 Å². The van der Waals surface area contributed by atoms with Crippen LogP contribution in [0.5, 0.6) is 0 Å². The molecule has 1 aromatic heterocycles. The molecule has 1 heterocycles. The Hall–Kier alpha value is -1.51. The van der Waals surface area contributed by atoms with Crippen LogP contribution in [-0.4, -0.2) is 16.2 Å². The number of nitrogens with zero attached hydrogens (tertiary/aromatic N) is 1. The Kier molecular flexibility index (Phi) is 2.90. The van der Waals surface area contributed by atoms with Crippen molar-refractivity contribution in [2.45, 2.75) is 32.7 Å². The molecule has 0 saturated heterocycles. The molecule has 0 aliphatic carbocycles. The highest BCUT2D eigenvalue weighted by atomic mass is 15.1. The number of anilines is 1. The first-order valence-corrected chi connectivity index (χ1v) is 5.53. The van der Waals surface area contributed by atoms with Crippen LogP contribution in [-0.2, 0) is 0 Å². The molecule has 3 nitrogen and oxygen atoms in total. The van der Waals surface area contributed by atoms with Crippen molar-refractivity contribution >= 4 is 16.6 Å². The van der Waals surface area contributed by atoms with Crippen molar-refractivity contribution in [2.24, 2.45) is 0 Å². The minimum absolute atomic E-state index is 0.561.